The topological polar surface area (TPSA) is 85.7 Å². The van der Waals surface area contributed by atoms with E-state index in [4.69, 9.17) is 0 Å². The maximum absolute atomic E-state index is 12.3. The lowest BCUT2D eigenvalue weighted by Crippen LogP contribution is -2.39. The van der Waals surface area contributed by atoms with Gasteiger partial charge in [-0.05, 0) is 19.8 Å². The number of carbonyl (C=O) groups excluding carboxylic acids is 1. The van der Waals surface area contributed by atoms with Crippen LogP contribution >= 0.6 is 0 Å². The van der Waals surface area contributed by atoms with E-state index in [9.17, 15) is 10.1 Å². The van der Waals surface area contributed by atoms with Crippen molar-refractivity contribution >= 4 is 5.91 Å². The number of hydrogen-bond donors (Lipinski definition) is 1. The van der Waals surface area contributed by atoms with Gasteiger partial charge in [-0.1, -0.05) is 12.8 Å². The Bertz CT molecular complexity index is 481. The van der Waals surface area contributed by atoms with Gasteiger partial charge in [-0.3, -0.25) is 9.89 Å². The third-order valence-corrected chi connectivity index (χ3v) is 3.45. The van der Waals surface area contributed by atoms with E-state index in [0.29, 0.717) is 25.2 Å². The summed E-state index contributed by atoms with van der Waals surface area (Å²) in [6.07, 6.45) is 3.24. The number of H-pyrrole nitrogens is 1. The quantitative estimate of drug-likeness (QED) is 0.868. The Morgan fingerprint density at radius 2 is 2.22 bits per heavy atom. The van der Waals surface area contributed by atoms with Crippen LogP contribution < -0.4 is 0 Å². The second kappa shape index (κ2) is 4.77. The maximum Gasteiger partial charge on any atom is 0.243 e. The zero-order valence-electron chi connectivity index (χ0n) is 10.7. The van der Waals surface area contributed by atoms with E-state index in [1.54, 1.807) is 11.9 Å². The summed E-state index contributed by atoms with van der Waals surface area (Å²) in [4.78, 5) is 18.1. The van der Waals surface area contributed by atoms with Gasteiger partial charge in [0.1, 0.15) is 11.2 Å². The highest BCUT2D eigenvalue weighted by Gasteiger charge is 2.43. The molecule has 0 spiro atoms. The van der Waals surface area contributed by atoms with Crippen molar-refractivity contribution < 1.29 is 4.79 Å². The van der Waals surface area contributed by atoms with Crippen LogP contribution in [0.3, 0.4) is 0 Å². The minimum Gasteiger partial charge on any atom is -0.337 e. The monoisotopic (exact) mass is 247 g/mol. The van der Waals surface area contributed by atoms with Crippen molar-refractivity contribution in [2.45, 2.75) is 39.2 Å². The first-order valence-electron chi connectivity index (χ1n) is 6.12. The number of aromatic amines is 1. The van der Waals surface area contributed by atoms with Crippen LogP contribution in [-0.2, 0) is 11.3 Å². The molecule has 18 heavy (non-hydrogen) atoms. The molecular formula is C12H17N5O. The molecule has 1 fully saturated rings. The van der Waals surface area contributed by atoms with Crippen LogP contribution in [0.5, 0.6) is 0 Å². The molecule has 0 aliphatic heterocycles. The van der Waals surface area contributed by atoms with Gasteiger partial charge in [0.25, 0.3) is 0 Å². The Morgan fingerprint density at radius 3 is 2.72 bits per heavy atom. The predicted octanol–water partition coefficient (Wildman–Crippen LogP) is 1.16. The summed E-state index contributed by atoms with van der Waals surface area (Å²) in [5, 5.41) is 16.0. The fourth-order valence-electron chi connectivity index (χ4n) is 2.46. The molecule has 1 aliphatic carbocycles. The van der Waals surface area contributed by atoms with Crippen molar-refractivity contribution in [3.63, 3.8) is 0 Å². The summed E-state index contributed by atoms with van der Waals surface area (Å²) in [5.41, 5.74) is -0.819. The zero-order chi connectivity index (χ0) is 13.2. The van der Waals surface area contributed by atoms with Gasteiger partial charge in [0, 0.05) is 7.05 Å². The van der Waals surface area contributed by atoms with Crippen molar-refractivity contribution in [3.8, 4) is 6.07 Å². The van der Waals surface area contributed by atoms with Crippen LogP contribution in [0.1, 0.15) is 37.3 Å². The normalized spacial score (nSPS) is 17.4. The van der Waals surface area contributed by atoms with Gasteiger partial charge in [0.2, 0.25) is 5.91 Å². The van der Waals surface area contributed by atoms with Crippen LogP contribution in [0.15, 0.2) is 0 Å². The molecule has 0 saturated heterocycles. The molecular weight excluding hydrogens is 230 g/mol. The molecule has 0 unspecified atom stereocenters. The Hall–Kier alpha value is -1.90. The highest BCUT2D eigenvalue weighted by atomic mass is 16.2. The van der Waals surface area contributed by atoms with Gasteiger partial charge in [-0.25, -0.2) is 4.98 Å². The molecule has 1 aromatic rings. The molecule has 1 N–H and O–H groups in total. The first kappa shape index (κ1) is 12.6. The van der Waals surface area contributed by atoms with Crippen LogP contribution in [0.25, 0.3) is 0 Å². The number of aryl methyl sites for hydroxylation is 1. The second-order valence-corrected chi connectivity index (χ2v) is 4.90. The van der Waals surface area contributed by atoms with Gasteiger partial charge >= 0.3 is 0 Å². The summed E-state index contributed by atoms with van der Waals surface area (Å²) in [6.45, 7) is 2.15. The van der Waals surface area contributed by atoms with E-state index < -0.39 is 5.41 Å². The van der Waals surface area contributed by atoms with E-state index in [0.717, 1.165) is 18.7 Å². The van der Waals surface area contributed by atoms with Crippen molar-refractivity contribution in [3.05, 3.63) is 11.6 Å². The Labute approximate surface area is 106 Å². The third-order valence-electron chi connectivity index (χ3n) is 3.45. The lowest BCUT2D eigenvalue weighted by atomic mass is 9.86. The SMILES string of the molecule is Cc1nc(CN(C)C(=O)C2(C#N)CCCC2)n[nH]1. The van der Waals surface area contributed by atoms with Crippen molar-refractivity contribution in [2.24, 2.45) is 5.41 Å². The van der Waals surface area contributed by atoms with Gasteiger partial charge in [-0.2, -0.15) is 10.4 Å². The molecule has 6 nitrogen and oxygen atoms in total. The predicted molar refractivity (Wildman–Crippen MR) is 64.1 cm³/mol. The fourth-order valence-corrected chi connectivity index (χ4v) is 2.46. The molecule has 6 heteroatoms. The maximum atomic E-state index is 12.3. The smallest absolute Gasteiger partial charge is 0.243 e. The fraction of sp³-hybridized carbons (Fsp3) is 0.667. The highest BCUT2D eigenvalue weighted by Crippen LogP contribution is 2.39. The van der Waals surface area contributed by atoms with Crippen LogP contribution in [0.4, 0.5) is 0 Å². The molecule has 1 aromatic heterocycles. The average molecular weight is 247 g/mol. The molecule has 2 rings (SSSR count). The number of hydrogen-bond acceptors (Lipinski definition) is 4. The van der Waals surface area contributed by atoms with E-state index >= 15 is 0 Å². The van der Waals surface area contributed by atoms with Crippen molar-refractivity contribution in [1.29, 1.82) is 5.26 Å². The highest BCUT2D eigenvalue weighted by molar-refractivity contribution is 5.85. The van der Waals surface area contributed by atoms with E-state index in [2.05, 4.69) is 21.3 Å². The Morgan fingerprint density at radius 1 is 1.56 bits per heavy atom. The molecule has 1 amide bonds. The first-order valence-corrected chi connectivity index (χ1v) is 6.12. The molecule has 0 bridgehead atoms. The molecule has 1 aliphatic rings. The molecule has 1 heterocycles. The van der Waals surface area contributed by atoms with Gasteiger partial charge in [0.15, 0.2) is 5.82 Å². The number of nitrogens with zero attached hydrogens (tertiary/aromatic N) is 4. The number of carbonyl (C=O) groups is 1. The molecule has 0 atom stereocenters. The summed E-state index contributed by atoms with van der Waals surface area (Å²) in [5.74, 6) is 1.20. The lowest BCUT2D eigenvalue weighted by molar-refractivity contribution is -0.138. The van der Waals surface area contributed by atoms with E-state index in [1.165, 1.54) is 0 Å². The van der Waals surface area contributed by atoms with Gasteiger partial charge < -0.3 is 4.90 Å². The largest absolute Gasteiger partial charge is 0.337 e. The zero-order valence-corrected chi connectivity index (χ0v) is 10.7. The number of rotatable bonds is 3. The average Bonchev–Trinajstić information content (AvgIpc) is 2.98. The number of nitrogens with one attached hydrogen (secondary N) is 1. The third kappa shape index (κ3) is 2.21. The second-order valence-electron chi connectivity index (χ2n) is 4.90. The summed E-state index contributed by atoms with van der Waals surface area (Å²) >= 11 is 0. The summed E-state index contributed by atoms with van der Waals surface area (Å²) in [6, 6.07) is 2.21. The number of nitriles is 1. The Kier molecular flexibility index (Phi) is 3.32. The standard InChI is InChI=1S/C12H17N5O/c1-9-14-10(16-15-9)7-17(2)11(18)12(8-13)5-3-4-6-12/h3-7H2,1-2H3,(H,14,15,16). The van der Waals surface area contributed by atoms with E-state index in [1.807, 2.05) is 6.92 Å². The minimum absolute atomic E-state index is 0.107. The first-order chi connectivity index (χ1) is 8.57. The molecule has 0 aromatic carbocycles. The van der Waals surface area contributed by atoms with Gasteiger partial charge in [0.05, 0.1) is 12.6 Å². The van der Waals surface area contributed by atoms with Crippen molar-refractivity contribution in [2.75, 3.05) is 7.05 Å². The summed E-state index contributed by atoms with van der Waals surface area (Å²) < 4.78 is 0. The number of aromatic nitrogens is 3. The number of amides is 1. The van der Waals surface area contributed by atoms with E-state index in [-0.39, 0.29) is 5.91 Å². The molecule has 1 saturated carbocycles. The summed E-state index contributed by atoms with van der Waals surface area (Å²) in [7, 11) is 1.70. The van der Waals surface area contributed by atoms with Gasteiger partial charge in [-0.15, -0.1) is 0 Å². The molecule has 96 valence electrons. The minimum atomic E-state index is -0.819. The van der Waals surface area contributed by atoms with Crippen molar-refractivity contribution in [1.82, 2.24) is 20.1 Å². The lowest BCUT2D eigenvalue weighted by Gasteiger charge is -2.25. The Balaban J connectivity index is 2.07. The van der Waals surface area contributed by atoms with Crippen LogP contribution in [0, 0.1) is 23.7 Å². The molecule has 0 radical (unpaired) electrons. The van der Waals surface area contributed by atoms with Crippen LogP contribution in [0.2, 0.25) is 0 Å². The van der Waals surface area contributed by atoms with Crippen LogP contribution in [-0.4, -0.2) is 33.0 Å².